The van der Waals surface area contributed by atoms with Crippen LogP contribution in [0.3, 0.4) is 0 Å². The van der Waals surface area contributed by atoms with Crippen molar-refractivity contribution >= 4 is 5.91 Å². The maximum absolute atomic E-state index is 11.1. The highest BCUT2D eigenvalue weighted by Crippen LogP contribution is 1.99. The van der Waals surface area contributed by atoms with Gasteiger partial charge >= 0.3 is 0 Å². The van der Waals surface area contributed by atoms with Crippen LogP contribution in [0, 0.1) is 0 Å². The molecule has 0 atom stereocenters. The van der Waals surface area contributed by atoms with E-state index in [4.69, 9.17) is 5.84 Å². The molecule has 0 aromatic carbocycles. The molecule has 2 N–H and O–H groups in total. The minimum Gasteiger partial charge on any atom is -0.276 e. The molecule has 1 aromatic heterocycles. The largest absolute Gasteiger partial charge is 0.276 e. The number of pyridine rings is 1. The molecule has 0 fully saturated rings. The summed E-state index contributed by atoms with van der Waals surface area (Å²) >= 11 is 0. The van der Waals surface area contributed by atoms with Crippen LogP contribution >= 0.6 is 0 Å². The Morgan fingerprint density at radius 3 is 3.00 bits per heavy atom. The fourth-order valence-corrected chi connectivity index (χ4v) is 0.980. The molecule has 0 aliphatic carbocycles. The Kier molecular flexibility index (Phi) is 3.40. The summed E-state index contributed by atoms with van der Waals surface area (Å²) in [5, 5.41) is 1.21. The van der Waals surface area contributed by atoms with Gasteiger partial charge in [0.15, 0.2) is 0 Å². The summed E-state index contributed by atoms with van der Waals surface area (Å²) in [6.45, 7) is 2.20. The highest BCUT2D eigenvalue weighted by atomic mass is 16.2. The maximum atomic E-state index is 11.1. The van der Waals surface area contributed by atoms with Gasteiger partial charge in [0.05, 0.1) is 6.54 Å². The summed E-state index contributed by atoms with van der Waals surface area (Å²) in [5.41, 5.74) is 0.937. The summed E-state index contributed by atoms with van der Waals surface area (Å²) in [5.74, 6) is 5.45. The van der Waals surface area contributed by atoms with Gasteiger partial charge in [0.1, 0.15) is 0 Å². The summed E-state index contributed by atoms with van der Waals surface area (Å²) < 4.78 is 0. The normalized spacial score (nSPS) is 9.69. The van der Waals surface area contributed by atoms with Gasteiger partial charge in [-0.05, 0) is 11.6 Å². The number of aromatic nitrogens is 1. The smallest absolute Gasteiger partial charge is 0.236 e. The minimum atomic E-state index is -0.0659. The fraction of sp³-hybridized carbons (Fsp3) is 0.333. The van der Waals surface area contributed by atoms with Gasteiger partial charge in [-0.25, -0.2) is 5.84 Å². The van der Waals surface area contributed by atoms with Crippen molar-refractivity contribution in [3.05, 3.63) is 30.1 Å². The van der Waals surface area contributed by atoms with Gasteiger partial charge in [0, 0.05) is 18.8 Å². The fourth-order valence-electron chi connectivity index (χ4n) is 0.980. The second-order valence-electron chi connectivity index (χ2n) is 2.74. The van der Waals surface area contributed by atoms with Crippen LogP contribution in [-0.4, -0.2) is 15.9 Å². The molecule has 1 rings (SSSR count). The minimum absolute atomic E-state index is 0.0659. The number of rotatable bonds is 3. The first-order valence-corrected chi connectivity index (χ1v) is 4.18. The second kappa shape index (κ2) is 4.57. The molecule has 13 heavy (non-hydrogen) atoms. The number of hydrazine groups is 1. The van der Waals surface area contributed by atoms with E-state index >= 15 is 0 Å². The van der Waals surface area contributed by atoms with Crippen LogP contribution in [0.4, 0.5) is 0 Å². The van der Waals surface area contributed by atoms with E-state index in [-0.39, 0.29) is 5.91 Å². The Bertz CT molecular complexity index is 273. The quantitative estimate of drug-likeness (QED) is 0.422. The Hall–Kier alpha value is -1.42. The lowest BCUT2D eigenvalue weighted by atomic mass is 10.3. The molecular formula is C9H13N3O. The van der Waals surface area contributed by atoms with Crippen molar-refractivity contribution in [3.63, 3.8) is 0 Å². The number of amides is 1. The SMILES string of the molecule is CCC(=O)N(N)Cc1cccnc1. The molecule has 1 amide bonds. The van der Waals surface area contributed by atoms with Crippen LogP contribution in [0.2, 0.25) is 0 Å². The first-order valence-electron chi connectivity index (χ1n) is 4.18. The average molecular weight is 179 g/mol. The third-order valence-corrected chi connectivity index (χ3v) is 1.70. The van der Waals surface area contributed by atoms with Gasteiger partial charge in [-0.3, -0.25) is 14.8 Å². The van der Waals surface area contributed by atoms with Crippen LogP contribution < -0.4 is 5.84 Å². The van der Waals surface area contributed by atoms with E-state index in [2.05, 4.69) is 4.98 Å². The molecule has 0 saturated heterocycles. The molecular weight excluding hydrogens is 166 g/mol. The van der Waals surface area contributed by atoms with Gasteiger partial charge in [-0.2, -0.15) is 0 Å². The zero-order valence-corrected chi connectivity index (χ0v) is 7.60. The van der Waals surface area contributed by atoms with Crippen LogP contribution in [0.1, 0.15) is 18.9 Å². The molecule has 0 saturated carbocycles. The van der Waals surface area contributed by atoms with Gasteiger partial charge in [-0.1, -0.05) is 13.0 Å². The van der Waals surface area contributed by atoms with E-state index in [1.807, 2.05) is 12.1 Å². The Balaban J connectivity index is 2.55. The van der Waals surface area contributed by atoms with E-state index in [1.54, 1.807) is 19.3 Å². The third kappa shape index (κ3) is 2.83. The van der Waals surface area contributed by atoms with Crippen LogP contribution in [0.25, 0.3) is 0 Å². The molecule has 1 heterocycles. The van der Waals surface area contributed by atoms with Crippen LogP contribution in [0.15, 0.2) is 24.5 Å². The number of nitrogens with zero attached hydrogens (tertiary/aromatic N) is 2. The van der Waals surface area contributed by atoms with Crippen molar-refractivity contribution in [2.75, 3.05) is 0 Å². The van der Waals surface area contributed by atoms with E-state index in [0.717, 1.165) is 5.56 Å². The zero-order valence-electron chi connectivity index (χ0n) is 7.60. The molecule has 70 valence electrons. The van der Waals surface area contributed by atoms with Crippen molar-refractivity contribution in [1.82, 2.24) is 9.99 Å². The zero-order chi connectivity index (χ0) is 9.68. The molecule has 0 bridgehead atoms. The molecule has 0 radical (unpaired) electrons. The average Bonchev–Trinajstić information content (AvgIpc) is 2.18. The summed E-state index contributed by atoms with van der Waals surface area (Å²) in [6, 6.07) is 3.70. The molecule has 0 spiro atoms. The summed E-state index contributed by atoms with van der Waals surface area (Å²) in [6.07, 6.45) is 3.81. The third-order valence-electron chi connectivity index (χ3n) is 1.70. The molecule has 4 nitrogen and oxygen atoms in total. The lowest BCUT2D eigenvalue weighted by Crippen LogP contribution is -2.36. The predicted octanol–water partition coefficient (Wildman–Crippen LogP) is 0.694. The van der Waals surface area contributed by atoms with Crippen molar-refractivity contribution in [2.24, 2.45) is 5.84 Å². The Morgan fingerprint density at radius 1 is 1.69 bits per heavy atom. The number of hydrogen-bond donors (Lipinski definition) is 1. The summed E-state index contributed by atoms with van der Waals surface area (Å²) in [7, 11) is 0. The molecule has 0 unspecified atom stereocenters. The molecule has 4 heteroatoms. The van der Waals surface area contributed by atoms with Crippen molar-refractivity contribution in [3.8, 4) is 0 Å². The van der Waals surface area contributed by atoms with Crippen LogP contribution in [-0.2, 0) is 11.3 Å². The number of carbonyl (C=O) groups is 1. The Labute approximate surface area is 77.3 Å². The molecule has 0 aliphatic rings. The lowest BCUT2D eigenvalue weighted by molar-refractivity contribution is -0.131. The highest BCUT2D eigenvalue weighted by Gasteiger charge is 2.06. The van der Waals surface area contributed by atoms with Gasteiger partial charge in [-0.15, -0.1) is 0 Å². The molecule has 0 aliphatic heterocycles. The predicted molar refractivity (Wildman–Crippen MR) is 49.3 cm³/mol. The highest BCUT2D eigenvalue weighted by molar-refractivity contribution is 5.75. The number of hydrogen-bond acceptors (Lipinski definition) is 3. The second-order valence-corrected chi connectivity index (χ2v) is 2.74. The topological polar surface area (TPSA) is 59.2 Å². The Morgan fingerprint density at radius 2 is 2.46 bits per heavy atom. The van der Waals surface area contributed by atoms with Crippen molar-refractivity contribution in [2.45, 2.75) is 19.9 Å². The first-order chi connectivity index (χ1) is 6.24. The number of nitrogens with two attached hydrogens (primary N) is 1. The van der Waals surface area contributed by atoms with E-state index in [9.17, 15) is 4.79 Å². The standard InChI is InChI=1S/C9H13N3O/c1-2-9(13)12(10)7-8-4-3-5-11-6-8/h3-6H,2,7,10H2,1H3. The van der Waals surface area contributed by atoms with Crippen molar-refractivity contribution < 1.29 is 4.79 Å². The van der Waals surface area contributed by atoms with E-state index < -0.39 is 0 Å². The first kappa shape index (κ1) is 9.67. The van der Waals surface area contributed by atoms with Gasteiger partial charge < -0.3 is 0 Å². The lowest BCUT2D eigenvalue weighted by Gasteiger charge is -2.14. The summed E-state index contributed by atoms with van der Waals surface area (Å²) in [4.78, 5) is 15.0. The van der Waals surface area contributed by atoms with Crippen molar-refractivity contribution in [1.29, 1.82) is 0 Å². The monoisotopic (exact) mass is 179 g/mol. The van der Waals surface area contributed by atoms with Gasteiger partial charge in [0.2, 0.25) is 5.91 Å². The maximum Gasteiger partial charge on any atom is 0.236 e. The van der Waals surface area contributed by atoms with Gasteiger partial charge in [0.25, 0.3) is 0 Å². The van der Waals surface area contributed by atoms with E-state index in [1.165, 1.54) is 5.01 Å². The number of carbonyl (C=O) groups excluding carboxylic acids is 1. The molecule has 1 aromatic rings. The van der Waals surface area contributed by atoms with E-state index in [0.29, 0.717) is 13.0 Å². The van der Waals surface area contributed by atoms with Crippen LogP contribution in [0.5, 0.6) is 0 Å².